The summed E-state index contributed by atoms with van der Waals surface area (Å²) in [5, 5.41) is 15.0. The molecule has 0 spiro atoms. The van der Waals surface area contributed by atoms with Crippen LogP contribution in [0.2, 0.25) is 0 Å². The van der Waals surface area contributed by atoms with Crippen LogP contribution >= 0.6 is 23.1 Å². The van der Waals surface area contributed by atoms with Gasteiger partial charge in [-0.2, -0.15) is 0 Å². The van der Waals surface area contributed by atoms with E-state index in [2.05, 4.69) is 20.7 Å². The number of anilines is 1. The molecule has 1 N–H and O–H groups in total. The van der Waals surface area contributed by atoms with Gasteiger partial charge in [-0.05, 0) is 13.8 Å². The van der Waals surface area contributed by atoms with Crippen LogP contribution in [0.3, 0.4) is 0 Å². The summed E-state index contributed by atoms with van der Waals surface area (Å²) < 4.78 is 10.8. The zero-order chi connectivity index (χ0) is 15.2. The van der Waals surface area contributed by atoms with Crippen molar-refractivity contribution >= 4 is 34.1 Å². The highest BCUT2D eigenvalue weighted by atomic mass is 32.2. The van der Waals surface area contributed by atoms with Gasteiger partial charge >= 0.3 is 0 Å². The van der Waals surface area contributed by atoms with Gasteiger partial charge in [-0.15, -0.1) is 10.2 Å². The first-order valence-corrected chi connectivity index (χ1v) is 8.07. The smallest absolute Gasteiger partial charge is 0.230 e. The third-order valence-corrected chi connectivity index (χ3v) is 4.62. The topological polar surface area (TPSA) is 90.1 Å². The van der Waals surface area contributed by atoms with Crippen molar-refractivity contribution in [1.29, 1.82) is 0 Å². The van der Waals surface area contributed by atoms with Crippen LogP contribution in [0.25, 0.3) is 0 Å². The van der Waals surface area contributed by atoms with Gasteiger partial charge in [0.25, 0.3) is 0 Å². The number of carbonyl (C=O) groups is 1. The average molecular weight is 328 g/mol. The maximum absolute atomic E-state index is 12.0. The second-order valence-corrected chi connectivity index (χ2v) is 6.56. The van der Waals surface area contributed by atoms with E-state index in [1.54, 1.807) is 25.8 Å². The van der Waals surface area contributed by atoms with E-state index in [1.807, 2.05) is 6.92 Å². The summed E-state index contributed by atoms with van der Waals surface area (Å²) in [5.41, 5.74) is 1.54. The van der Waals surface area contributed by atoms with Crippen LogP contribution in [-0.2, 0) is 16.0 Å². The van der Waals surface area contributed by atoms with Crippen molar-refractivity contribution in [1.82, 2.24) is 15.4 Å². The van der Waals surface area contributed by atoms with Crippen molar-refractivity contribution < 1.29 is 14.1 Å². The molecule has 114 valence electrons. The average Bonchev–Trinajstić information content (AvgIpc) is 3.01. The van der Waals surface area contributed by atoms with Gasteiger partial charge in [-0.3, -0.25) is 4.79 Å². The van der Waals surface area contributed by atoms with E-state index < -0.39 is 0 Å². The molecule has 0 aliphatic carbocycles. The molecule has 0 unspecified atom stereocenters. The summed E-state index contributed by atoms with van der Waals surface area (Å²) in [5.74, 6) is 1.31. The van der Waals surface area contributed by atoms with Gasteiger partial charge in [0.15, 0.2) is 4.34 Å². The third kappa shape index (κ3) is 4.51. The Kier molecular flexibility index (Phi) is 5.71. The minimum atomic E-state index is -0.158. The number of ether oxygens (including phenoxy) is 1. The Morgan fingerprint density at radius 1 is 1.43 bits per heavy atom. The maximum Gasteiger partial charge on any atom is 0.230 e. The first-order chi connectivity index (χ1) is 10.1. The number of nitrogens with one attached hydrogen (secondary N) is 1. The summed E-state index contributed by atoms with van der Waals surface area (Å²) in [7, 11) is 1.65. The molecule has 0 radical (unpaired) electrons. The number of methoxy groups -OCH3 is 1. The molecular formula is C12H16N4O3S2. The Labute approximate surface area is 130 Å². The van der Waals surface area contributed by atoms with Gasteiger partial charge in [-0.1, -0.05) is 28.3 Å². The Morgan fingerprint density at radius 2 is 2.24 bits per heavy atom. The lowest BCUT2D eigenvalue weighted by atomic mass is 10.1. The van der Waals surface area contributed by atoms with Crippen molar-refractivity contribution in [3.63, 3.8) is 0 Å². The highest BCUT2D eigenvalue weighted by molar-refractivity contribution is 8.01. The molecule has 0 aromatic carbocycles. The Morgan fingerprint density at radius 3 is 2.90 bits per heavy atom. The number of aryl methyl sites for hydroxylation is 2. The number of thioether (sulfide) groups is 1. The van der Waals surface area contributed by atoms with Gasteiger partial charge in [0.2, 0.25) is 11.0 Å². The van der Waals surface area contributed by atoms with Gasteiger partial charge in [0.05, 0.1) is 18.7 Å². The standard InChI is InChI=1S/C12H16N4O3S2/c1-7-9(8(2)19-16-7)6-10(17)13-11-14-15-12(21-11)20-5-4-18-3/h4-6H2,1-3H3,(H,13,14,17). The van der Waals surface area contributed by atoms with Gasteiger partial charge in [0.1, 0.15) is 5.76 Å². The fraction of sp³-hybridized carbons (Fsp3) is 0.500. The molecule has 9 heteroatoms. The van der Waals surface area contributed by atoms with Crippen molar-refractivity contribution in [2.24, 2.45) is 0 Å². The van der Waals surface area contributed by atoms with E-state index in [9.17, 15) is 4.79 Å². The van der Waals surface area contributed by atoms with Crippen LogP contribution in [-0.4, -0.2) is 40.7 Å². The Hall–Kier alpha value is -1.45. The molecule has 0 fully saturated rings. The Balaban J connectivity index is 1.88. The number of carbonyl (C=O) groups excluding carboxylic acids is 1. The normalized spacial score (nSPS) is 10.8. The Bertz CT molecular complexity index is 592. The largest absolute Gasteiger partial charge is 0.384 e. The predicted octanol–water partition coefficient (Wildman–Crippen LogP) is 2.06. The number of rotatable bonds is 7. The molecule has 2 aromatic rings. The van der Waals surface area contributed by atoms with Gasteiger partial charge in [0, 0.05) is 18.4 Å². The summed E-state index contributed by atoms with van der Waals surface area (Å²) in [6, 6.07) is 0. The minimum Gasteiger partial charge on any atom is -0.384 e. The maximum atomic E-state index is 12.0. The zero-order valence-electron chi connectivity index (χ0n) is 12.0. The number of amides is 1. The molecular weight excluding hydrogens is 312 g/mol. The van der Waals surface area contributed by atoms with E-state index in [-0.39, 0.29) is 12.3 Å². The molecule has 2 aromatic heterocycles. The summed E-state index contributed by atoms with van der Waals surface area (Å²) in [4.78, 5) is 12.0. The molecule has 0 aliphatic rings. The molecule has 21 heavy (non-hydrogen) atoms. The zero-order valence-corrected chi connectivity index (χ0v) is 13.6. The molecule has 1 amide bonds. The fourth-order valence-electron chi connectivity index (χ4n) is 1.61. The number of nitrogens with zero attached hydrogens (tertiary/aromatic N) is 3. The lowest BCUT2D eigenvalue weighted by Gasteiger charge is -2.00. The molecule has 0 atom stereocenters. The van der Waals surface area contributed by atoms with Gasteiger partial charge < -0.3 is 14.6 Å². The fourth-order valence-corrected chi connectivity index (χ4v) is 3.35. The molecule has 0 saturated heterocycles. The second-order valence-electron chi connectivity index (χ2n) is 4.24. The highest BCUT2D eigenvalue weighted by Crippen LogP contribution is 2.25. The molecule has 0 saturated carbocycles. The minimum absolute atomic E-state index is 0.158. The summed E-state index contributed by atoms with van der Waals surface area (Å²) in [6.45, 7) is 4.25. The van der Waals surface area contributed by atoms with E-state index >= 15 is 0 Å². The molecule has 2 rings (SSSR count). The van der Waals surface area contributed by atoms with Crippen LogP contribution in [0.1, 0.15) is 17.0 Å². The van der Waals surface area contributed by atoms with Gasteiger partial charge in [-0.25, -0.2) is 0 Å². The van der Waals surface area contributed by atoms with E-state index in [1.165, 1.54) is 11.3 Å². The monoisotopic (exact) mass is 328 g/mol. The first-order valence-electron chi connectivity index (χ1n) is 6.27. The second kappa shape index (κ2) is 7.53. The van der Waals surface area contributed by atoms with Crippen molar-refractivity contribution in [3.05, 3.63) is 17.0 Å². The highest BCUT2D eigenvalue weighted by Gasteiger charge is 2.15. The molecule has 7 nitrogen and oxygen atoms in total. The SMILES string of the molecule is COCCSc1nnc(NC(=O)Cc2c(C)noc2C)s1. The van der Waals surface area contributed by atoms with Crippen molar-refractivity contribution in [2.45, 2.75) is 24.6 Å². The van der Waals surface area contributed by atoms with E-state index in [4.69, 9.17) is 9.26 Å². The van der Waals surface area contributed by atoms with Crippen LogP contribution < -0.4 is 5.32 Å². The number of hydrogen-bond acceptors (Lipinski definition) is 8. The third-order valence-electron chi connectivity index (χ3n) is 2.68. The molecule has 2 heterocycles. The molecule has 0 bridgehead atoms. The van der Waals surface area contributed by atoms with Crippen molar-refractivity contribution in [2.75, 3.05) is 24.8 Å². The van der Waals surface area contributed by atoms with Crippen LogP contribution in [0.5, 0.6) is 0 Å². The number of aromatic nitrogens is 3. The first kappa shape index (κ1) is 15.9. The number of hydrogen-bond donors (Lipinski definition) is 1. The van der Waals surface area contributed by atoms with Crippen LogP contribution in [0.15, 0.2) is 8.86 Å². The lowest BCUT2D eigenvalue weighted by Crippen LogP contribution is -2.15. The quantitative estimate of drug-likeness (QED) is 0.472. The lowest BCUT2D eigenvalue weighted by molar-refractivity contribution is -0.115. The predicted molar refractivity (Wildman–Crippen MR) is 80.8 cm³/mol. The molecule has 0 aliphatic heterocycles. The van der Waals surface area contributed by atoms with Crippen LogP contribution in [0, 0.1) is 13.8 Å². The van der Waals surface area contributed by atoms with E-state index in [0.717, 1.165) is 21.3 Å². The van der Waals surface area contributed by atoms with Crippen molar-refractivity contribution in [3.8, 4) is 0 Å². The summed E-state index contributed by atoms with van der Waals surface area (Å²) >= 11 is 2.89. The van der Waals surface area contributed by atoms with Crippen LogP contribution in [0.4, 0.5) is 5.13 Å². The summed E-state index contributed by atoms with van der Waals surface area (Å²) in [6.07, 6.45) is 0.215. The van der Waals surface area contributed by atoms with E-state index in [0.29, 0.717) is 17.5 Å².